The Morgan fingerprint density at radius 3 is 2.55 bits per heavy atom. The molecule has 0 saturated heterocycles. The molecule has 0 amide bonds. The van der Waals surface area contributed by atoms with E-state index in [1.807, 2.05) is 13.0 Å². The molecule has 0 aliphatic rings. The van der Waals surface area contributed by atoms with Crippen LogP contribution < -0.4 is 16.0 Å². The summed E-state index contributed by atoms with van der Waals surface area (Å²) in [7, 11) is 1.69. The SMILES string of the molecule is COc1ccc(C(Cc2cccc(C)c2)NN)cc1C. The Balaban J connectivity index is 2.22. The zero-order valence-electron chi connectivity index (χ0n) is 12.3. The molecule has 2 aromatic rings. The maximum atomic E-state index is 5.73. The standard InChI is InChI=1S/C17H22N2O/c1-12-5-4-6-14(9-12)11-16(19-18)15-7-8-17(20-3)13(2)10-15/h4-10,16,19H,11,18H2,1-3H3. The van der Waals surface area contributed by atoms with Gasteiger partial charge in [-0.3, -0.25) is 11.3 Å². The first-order valence-corrected chi connectivity index (χ1v) is 6.80. The van der Waals surface area contributed by atoms with Gasteiger partial charge in [0.05, 0.1) is 7.11 Å². The Labute approximate surface area is 120 Å². The number of ether oxygens (including phenoxy) is 1. The predicted molar refractivity (Wildman–Crippen MR) is 82.7 cm³/mol. The molecule has 3 N–H and O–H groups in total. The number of aryl methyl sites for hydroxylation is 2. The van der Waals surface area contributed by atoms with Crippen molar-refractivity contribution in [3.8, 4) is 5.75 Å². The van der Waals surface area contributed by atoms with Crippen LogP contribution in [0.5, 0.6) is 5.75 Å². The number of rotatable bonds is 5. The second-order valence-electron chi connectivity index (χ2n) is 5.14. The normalized spacial score (nSPS) is 12.2. The van der Waals surface area contributed by atoms with Gasteiger partial charge in [-0.15, -0.1) is 0 Å². The van der Waals surface area contributed by atoms with Gasteiger partial charge in [-0.1, -0.05) is 42.0 Å². The quantitative estimate of drug-likeness (QED) is 0.648. The molecule has 20 heavy (non-hydrogen) atoms. The maximum absolute atomic E-state index is 5.73. The Bertz CT molecular complexity index is 581. The fraction of sp³-hybridized carbons (Fsp3) is 0.294. The van der Waals surface area contributed by atoms with E-state index >= 15 is 0 Å². The second kappa shape index (κ2) is 6.55. The Kier molecular flexibility index (Phi) is 4.77. The van der Waals surface area contributed by atoms with Gasteiger partial charge in [0.25, 0.3) is 0 Å². The summed E-state index contributed by atoms with van der Waals surface area (Å²) in [5, 5.41) is 0. The molecule has 0 radical (unpaired) electrons. The van der Waals surface area contributed by atoms with E-state index in [0.29, 0.717) is 0 Å². The fourth-order valence-electron chi connectivity index (χ4n) is 2.47. The molecular formula is C17H22N2O. The van der Waals surface area contributed by atoms with Gasteiger partial charge in [-0.25, -0.2) is 0 Å². The molecule has 0 aromatic heterocycles. The molecule has 1 atom stereocenters. The molecule has 0 heterocycles. The first-order chi connectivity index (χ1) is 9.63. The van der Waals surface area contributed by atoms with E-state index in [1.54, 1.807) is 7.11 Å². The summed E-state index contributed by atoms with van der Waals surface area (Å²) >= 11 is 0. The Hall–Kier alpha value is -1.84. The average molecular weight is 270 g/mol. The summed E-state index contributed by atoms with van der Waals surface area (Å²) < 4.78 is 5.30. The highest BCUT2D eigenvalue weighted by atomic mass is 16.5. The summed E-state index contributed by atoms with van der Waals surface area (Å²) in [5.41, 5.74) is 7.75. The molecular weight excluding hydrogens is 248 g/mol. The highest BCUT2D eigenvalue weighted by Crippen LogP contribution is 2.24. The molecule has 2 aromatic carbocycles. The summed E-state index contributed by atoms with van der Waals surface area (Å²) in [5.74, 6) is 6.63. The lowest BCUT2D eigenvalue weighted by molar-refractivity contribution is 0.411. The van der Waals surface area contributed by atoms with Crippen LogP contribution in [0.2, 0.25) is 0 Å². The van der Waals surface area contributed by atoms with Crippen molar-refractivity contribution in [2.45, 2.75) is 26.3 Å². The molecule has 0 aliphatic carbocycles. The molecule has 0 spiro atoms. The van der Waals surface area contributed by atoms with E-state index in [4.69, 9.17) is 10.6 Å². The lowest BCUT2D eigenvalue weighted by Gasteiger charge is -2.18. The van der Waals surface area contributed by atoms with E-state index in [0.717, 1.165) is 17.7 Å². The number of nitrogens with two attached hydrogens (primary N) is 1. The van der Waals surface area contributed by atoms with Gasteiger partial charge in [-0.05, 0) is 43.0 Å². The third-order valence-electron chi connectivity index (χ3n) is 3.54. The average Bonchev–Trinajstić information content (AvgIpc) is 2.44. The van der Waals surface area contributed by atoms with Gasteiger partial charge in [0.1, 0.15) is 5.75 Å². The number of benzene rings is 2. The van der Waals surface area contributed by atoms with Crippen LogP contribution in [0.15, 0.2) is 42.5 Å². The van der Waals surface area contributed by atoms with Crippen molar-refractivity contribution in [1.29, 1.82) is 0 Å². The smallest absolute Gasteiger partial charge is 0.121 e. The zero-order chi connectivity index (χ0) is 14.5. The van der Waals surface area contributed by atoms with E-state index in [-0.39, 0.29) is 6.04 Å². The van der Waals surface area contributed by atoms with E-state index in [9.17, 15) is 0 Å². The maximum Gasteiger partial charge on any atom is 0.121 e. The van der Waals surface area contributed by atoms with Crippen LogP contribution in [0.3, 0.4) is 0 Å². The van der Waals surface area contributed by atoms with Gasteiger partial charge in [0.2, 0.25) is 0 Å². The van der Waals surface area contributed by atoms with Gasteiger partial charge >= 0.3 is 0 Å². The van der Waals surface area contributed by atoms with Crippen LogP contribution in [-0.2, 0) is 6.42 Å². The summed E-state index contributed by atoms with van der Waals surface area (Å²) in [4.78, 5) is 0. The molecule has 3 nitrogen and oxygen atoms in total. The number of methoxy groups -OCH3 is 1. The molecule has 3 heteroatoms. The van der Waals surface area contributed by atoms with Crippen LogP contribution in [0.25, 0.3) is 0 Å². The first kappa shape index (κ1) is 14.6. The molecule has 2 rings (SSSR count). The van der Waals surface area contributed by atoms with Crippen molar-refractivity contribution in [3.63, 3.8) is 0 Å². The number of hydrogen-bond acceptors (Lipinski definition) is 3. The molecule has 106 valence electrons. The molecule has 0 fully saturated rings. The number of hydrazine groups is 1. The van der Waals surface area contributed by atoms with Crippen molar-refractivity contribution in [1.82, 2.24) is 5.43 Å². The monoisotopic (exact) mass is 270 g/mol. The molecule has 0 saturated carbocycles. The Morgan fingerprint density at radius 1 is 1.15 bits per heavy atom. The van der Waals surface area contributed by atoms with Crippen molar-refractivity contribution in [2.75, 3.05) is 7.11 Å². The lowest BCUT2D eigenvalue weighted by atomic mass is 9.97. The highest BCUT2D eigenvalue weighted by molar-refractivity contribution is 5.38. The Morgan fingerprint density at radius 2 is 1.95 bits per heavy atom. The predicted octanol–water partition coefficient (Wildman–Crippen LogP) is 3.06. The van der Waals surface area contributed by atoms with E-state index in [2.05, 4.69) is 48.7 Å². The number of nitrogens with one attached hydrogen (secondary N) is 1. The first-order valence-electron chi connectivity index (χ1n) is 6.80. The minimum atomic E-state index is 0.0985. The van der Waals surface area contributed by atoms with Crippen LogP contribution in [-0.4, -0.2) is 7.11 Å². The summed E-state index contributed by atoms with van der Waals surface area (Å²) in [6.45, 7) is 4.15. The minimum absolute atomic E-state index is 0.0985. The van der Waals surface area contributed by atoms with Crippen LogP contribution in [0.1, 0.15) is 28.3 Å². The third kappa shape index (κ3) is 3.38. The minimum Gasteiger partial charge on any atom is -0.496 e. The third-order valence-corrected chi connectivity index (χ3v) is 3.54. The van der Waals surface area contributed by atoms with Gasteiger partial charge in [-0.2, -0.15) is 0 Å². The summed E-state index contributed by atoms with van der Waals surface area (Å²) in [6, 6.07) is 14.8. The van der Waals surface area contributed by atoms with Crippen LogP contribution in [0.4, 0.5) is 0 Å². The summed E-state index contributed by atoms with van der Waals surface area (Å²) in [6.07, 6.45) is 0.865. The second-order valence-corrected chi connectivity index (χ2v) is 5.14. The van der Waals surface area contributed by atoms with Crippen molar-refractivity contribution >= 4 is 0 Å². The van der Waals surface area contributed by atoms with Crippen LogP contribution >= 0.6 is 0 Å². The molecule has 1 unspecified atom stereocenters. The van der Waals surface area contributed by atoms with E-state index in [1.165, 1.54) is 16.7 Å². The lowest BCUT2D eigenvalue weighted by Crippen LogP contribution is -2.29. The largest absolute Gasteiger partial charge is 0.496 e. The van der Waals surface area contributed by atoms with E-state index < -0.39 is 0 Å². The van der Waals surface area contributed by atoms with Gasteiger partial charge in [0.15, 0.2) is 0 Å². The topological polar surface area (TPSA) is 47.3 Å². The number of hydrogen-bond donors (Lipinski definition) is 2. The van der Waals surface area contributed by atoms with Crippen molar-refractivity contribution in [3.05, 3.63) is 64.7 Å². The highest BCUT2D eigenvalue weighted by Gasteiger charge is 2.12. The molecule has 0 bridgehead atoms. The molecule has 0 aliphatic heterocycles. The fourth-order valence-corrected chi connectivity index (χ4v) is 2.47. The van der Waals surface area contributed by atoms with Crippen molar-refractivity contribution in [2.24, 2.45) is 5.84 Å². The van der Waals surface area contributed by atoms with Crippen LogP contribution in [0, 0.1) is 13.8 Å². The van der Waals surface area contributed by atoms with Crippen molar-refractivity contribution < 1.29 is 4.74 Å². The van der Waals surface area contributed by atoms with Gasteiger partial charge in [0, 0.05) is 6.04 Å². The van der Waals surface area contributed by atoms with Gasteiger partial charge < -0.3 is 4.74 Å². The zero-order valence-corrected chi connectivity index (χ0v) is 12.3.